The summed E-state index contributed by atoms with van der Waals surface area (Å²) in [7, 11) is 0. The van der Waals surface area contributed by atoms with Gasteiger partial charge in [-0.05, 0) is 34.9 Å². The first kappa shape index (κ1) is 9.65. The zero-order valence-electron chi connectivity index (χ0n) is 8.10. The average molecular weight is 206 g/mol. The quantitative estimate of drug-likeness (QED) is 0.688. The highest BCUT2D eigenvalue weighted by molar-refractivity contribution is 7.08. The monoisotopic (exact) mass is 206 g/mol. The van der Waals surface area contributed by atoms with E-state index in [4.69, 9.17) is 11.5 Å². The van der Waals surface area contributed by atoms with E-state index >= 15 is 0 Å². The Labute approximate surface area is 87.9 Å². The highest BCUT2D eigenvalue weighted by Gasteiger charge is 2.21. The molecule has 0 radical (unpaired) electrons. The van der Waals surface area contributed by atoms with Gasteiger partial charge in [0.2, 0.25) is 0 Å². The molecule has 0 amide bonds. The molecule has 1 aromatic heterocycles. The fourth-order valence-corrected chi connectivity index (χ4v) is 2.26. The molecule has 1 aliphatic rings. The van der Waals surface area contributed by atoms with E-state index in [-0.39, 0.29) is 11.6 Å². The van der Waals surface area contributed by atoms with Crippen molar-refractivity contribution in [3.63, 3.8) is 0 Å². The zero-order valence-corrected chi connectivity index (χ0v) is 8.92. The lowest BCUT2D eigenvalue weighted by Crippen LogP contribution is -2.37. The van der Waals surface area contributed by atoms with Crippen molar-refractivity contribution in [1.29, 1.82) is 0 Å². The van der Waals surface area contributed by atoms with Crippen LogP contribution in [0.4, 0.5) is 0 Å². The standard InChI is InChI=1S/C11H14N2S/c1-11(13)4-2-10(12)9(6-11)8-3-5-14-7-8/h2-7,10H,12-13H2,1H3. The van der Waals surface area contributed by atoms with Gasteiger partial charge < -0.3 is 11.5 Å². The van der Waals surface area contributed by atoms with E-state index in [0.29, 0.717) is 0 Å². The van der Waals surface area contributed by atoms with Crippen LogP contribution in [0.25, 0.3) is 5.57 Å². The van der Waals surface area contributed by atoms with Crippen LogP contribution in [-0.4, -0.2) is 11.6 Å². The minimum atomic E-state index is -0.368. The second-order valence-corrected chi connectivity index (χ2v) is 4.64. The summed E-state index contributed by atoms with van der Waals surface area (Å²) in [5, 5.41) is 4.15. The van der Waals surface area contributed by atoms with Crippen molar-refractivity contribution < 1.29 is 0 Å². The van der Waals surface area contributed by atoms with Crippen LogP contribution < -0.4 is 11.5 Å². The summed E-state index contributed by atoms with van der Waals surface area (Å²) in [5.41, 5.74) is 13.9. The van der Waals surface area contributed by atoms with Gasteiger partial charge in [0.1, 0.15) is 0 Å². The first-order valence-electron chi connectivity index (χ1n) is 4.58. The van der Waals surface area contributed by atoms with Gasteiger partial charge in [-0.25, -0.2) is 0 Å². The van der Waals surface area contributed by atoms with E-state index in [1.165, 1.54) is 5.56 Å². The van der Waals surface area contributed by atoms with Gasteiger partial charge in [-0.1, -0.05) is 18.2 Å². The summed E-state index contributed by atoms with van der Waals surface area (Å²) in [6, 6.07) is 2.05. The predicted molar refractivity (Wildman–Crippen MR) is 62.0 cm³/mol. The average Bonchev–Trinajstić information content (AvgIpc) is 2.62. The minimum absolute atomic E-state index is 0.0266. The molecule has 2 nitrogen and oxygen atoms in total. The molecule has 0 saturated heterocycles. The van der Waals surface area contributed by atoms with Gasteiger partial charge in [-0.15, -0.1) is 0 Å². The molecular weight excluding hydrogens is 192 g/mol. The van der Waals surface area contributed by atoms with Crippen LogP contribution in [0, 0.1) is 0 Å². The molecule has 0 spiro atoms. The normalized spacial score (nSPS) is 31.6. The Morgan fingerprint density at radius 3 is 2.93 bits per heavy atom. The van der Waals surface area contributed by atoms with Crippen molar-refractivity contribution in [2.75, 3.05) is 0 Å². The Morgan fingerprint density at radius 1 is 1.50 bits per heavy atom. The van der Waals surface area contributed by atoms with E-state index in [9.17, 15) is 0 Å². The van der Waals surface area contributed by atoms with Gasteiger partial charge in [-0.3, -0.25) is 0 Å². The Balaban J connectivity index is 2.39. The van der Waals surface area contributed by atoms with Crippen molar-refractivity contribution in [2.45, 2.75) is 18.5 Å². The third-order valence-corrected chi connectivity index (χ3v) is 3.03. The van der Waals surface area contributed by atoms with Gasteiger partial charge in [0.25, 0.3) is 0 Å². The van der Waals surface area contributed by atoms with E-state index in [2.05, 4.69) is 16.8 Å². The van der Waals surface area contributed by atoms with Crippen LogP contribution in [0.1, 0.15) is 12.5 Å². The first-order valence-corrected chi connectivity index (χ1v) is 5.52. The maximum Gasteiger partial charge on any atom is 0.0503 e. The van der Waals surface area contributed by atoms with Crippen LogP contribution in [0.15, 0.2) is 35.1 Å². The summed E-state index contributed by atoms with van der Waals surface area (Å²) in [5.74, 6) is 0. The van der Waals surface area contributed by atoms with Gasteiger partial charge in [-0.2, -0.15) is 11.3 Å². The summed E-state index contributed by atoms with van der Waals surface area (Å²) in [6.45, 7) is 1.97. The Bertz CT molecular complexity index is 374. The number of hydrogen-bond acceptors (Lipinski definition) is 3. The largest absolute Gasteiger partial charge is 0.321 e. The lowest BCUT2D eigenvalue weighted by atomic mass is 9.87. The Morgan fingerprint density at radius 2 is 2.29 bits per heavy atom. The lowest BCUT2D eigenvalue weighted by molar-refractivity contribution is 0.716. The number of hydrogen-bond donors (Lipinski definition) is 2. The molecule has 4 N–H and O–H groups in total. The highest BCUT2D eigenvalue weighted by atomic mass is 32.1. The van der Waals surface area contributed by atoms with Gasteiger partial charge >= 0.3 is 0 Å². The van der Waals surface area contributed by atoms with Gasteiger partial charge in [0, 0.05) is 6.04 Å². The Kier molecular flexibility index (Phi) is 2.31. The third kappa shape index (κ3) is 1.80. The van der Waals surface area contributed by atoms with Crippen molar-refractivity contribution in [1.82, 2.24) is 0 Å². The van der Waals surface area contributed by atoms with Crippen molar-refractivity contribution in [3.8, 4) is 0 Å². The molecule has 14 heavy (non-hydrogen) atoms. The molecule has 0 bridgehead atoms. The summed E-state index contributed by atoms with van der Waals surface area (Å²) in [4.78, 5) is 0. The maximum atomic E-state index is 6.02. The molecule has 0 aliphatic heterocycles. The van der Waals surface area contributed by atoms with Crippen LogP contribution in [-0.2, 0) is 0 Å². The van der Waals surface area contributed by atoms with Crippen LogP contribution >= 0.6 is 11.3 Å². The Hall–Kier alpha value is -0.900. The predicted octanol–water partition coefficient (Wildman–Crippen LogP) is 1.75. The van der Waals surface area contributed by atoms with E-state index in [1.54, 1.807) is 11.3 Å². The molecule has 0 aromatic carbocycles. The van der Waals surface area contributed by atoms with Gasteiger partial charge in [0.05, 0.1) is 5.54 Å². The maximum absolute atomic E-state index is 6.02. The second-order valence-electron chi connectivity index (χ2n) is 3.86. The number of thiophene rings is 1. The van der Waals surface area contributed by atoms with Crippen molar-refractivity contribution >= 4 is 16.9 Å². The molecule has 2 atom stereocenters. The molecule has 1 aromatic rings. The SMILES string of the molecule is CC1(N)C=CC(N)C(c2ccsc2)=C1. The van der Waals surface area contributed by atoms with Crippen LogP contribution in [0.3, 0.4) is 0 Å². The number of rotatable bonds is 1. The molecule has 2 rings (SSSR count). The second kappa shape index (κ2) is 3.35. The molecule has 0 fully saturated rings. The summed E-state index contributed by atoms with van der Waals surface area (Å²) >= 11 is 1.67. The fourth-order valence-electron chi connectivity index (χ4n) is 1.60. The molecule has 2 unspecified atom stereocenters. The minimum Gasteiger partial charge on any atom is -0.321 e. The lowest BCUT2D eigenvalue weighted by Gasteiger charge is -2.25. The number of nitrogens with two attached hydrogens (primary N) is 2. The molecule has 0 saturated carbocycles. The van der Waals surface area contributed by atoms with Crippen molar-refractivity contribution in [3.05, 3.63) is 40.6 Å². The molecule has 1 heterocycles. The fraction of sp³-hybridized carbons (Fsp3) is 0.273. The molecule has 3 heteroatoms. The highest BCUT2D eigenvalue weighted by Crippen LogP contribution is 2.27. The van der Waals surface area contributed by atoms with E-state index in [1.807, 2.05) is 25.2 Å². The van der Waals surface area contributed by atoms with E-state index in [0.717, 1.165) is 5.57 Å². The van der Waals surface area contributed by atoms with Crippen LogP contribution in [0.2, 0.25) is 0 Å². The smallest absolute Gasteiger partial charge is 0.0503 e. The van der Waals surface area contributed by atoms with Crippen LogP contribution in [0.5, 0.6) is 0 Å². The summed E-state index contributed by atoms with van der Waals surface area (Å²) in [6.07, 6.45) is 5.96. The molecule has 1 aliphatic carbocycles. The zero-order chi connectivity index (χ0) is 10.2. The first-order chi connectivity index (χ1) is 6.58. The van der Waals surface area contributed by atoms with Crippen molar-refractivity contribution in [2.24, 2.45) is 11.5 Å². The summed E-state index contributed by atoms with van der Waals surface area (Å²) < 4.78 is 0. The molecule has 74 valence electrons. The molecular formula is C11H14N2S. The topological polar surface area (TPSA) is 52.0 Å². The van der Waals surface area contributed by atoms with Gasteiger partial charge in [0.15, 0.2) is 0 Å². The third-order valence-electron chi connectivity index (χ3n) is 2.34. The van der Waals surface area contributed by atoms with E-state index < -0.39 is 0 Å².